The number of rotatable bonds is 4. The molecule has 2 rings (SSSR count). The first-order valence-corrected chi connectivity index (χ1v) is 5.32. The number of pyridine rings is 1. The highest BCUT2D eigenvalue weighted by atomic mass is 32.1. The molecule has 2 aromatic heterocycles. The minimum atomic E-state index is 0.711. The first-order valence-electron chi connectivity index (χ1n) is 4.55. The van der Waals surface area contributed by atoms with Crippen LogP contribution in [0.15, 0.2) is 18.5 Å². The van der Waals surface area contributed by atoms with Gasteiger partial charge in [-0.05, 0) is 30.6 Å². The van der Waals surface area contributed by atoms with E-state index >= 15 is 0 Å². The molecule has 4 nitrogen and oxygen atoms in total. The Morgan fingerprint density at radius 1 is 1.50 bits per heavy atom. The summed E-state index contributed by atoms with van der Waals surface area (Å²) in [6, 6.07) is 1.97. The first-order chi connectivity index (χ1) is 6.92. The van der Waals surface area contributed by atoms with E-state index in [2.05, 4.69) is 14.7 Å². The highest BCUT2D eigenvalue weighted by molar-refractivity contribution is 7.12. The predicted molar refractivity (Wildman–Crippen MR) is 59.6 cm³/mol. The van der Waals surface area contributed by atoms with Crippen molar-refractivity contribution in [3.8, 4) is 0 Å². The monoisotopic (exact) mass is 208 g/mol. The smallest absolute Gasteiger partial charge is 0.145 e. The predicted octanol–water partition coefficient (Wildman–Crippen LogP) is 1.45. The van der Waals surface area contributed by atoms with Crippen molar-refractivity contribution in [3.05, 3.63) is 18.5 Å². The van der Waals surface area contributed by atoms with E-state index in [-0.39, 0.29) is 0 Å². The van der Waals surface area contributed by atoms with Crippen LogP contribution in [0.25, 0.3) is 10.2 Å². The molecule has 0 aliphatic carbocycles. The number of fused-ring (bicyclic) bond motifs is 1. The molecule has 3 N–H and O–H groups in total. The lowest BCUT2D eigenvalue weighted by Crippen LogP contribution is -2.08. The summed E-state index contributed by atoms with van der Waals surface area (Å²) in [6.07, 6.45) is 4.62. The maximum Gasteiger partial charge on any atom is 0.145 e. The fourth-order valence-electron chi connectivity index (χ4n) is 1.26. The Bertz CT molecular complexity index is 412. The summed E-state index contributed by atoms with van der Waals surface area (Å²) < 4.78 is 4.10. The number of aromatic nitrogens is 2. The van der Waals surface area contributed by atoms with Gasteiger partial charge in [-0.3, -0.25) is 0 Å². The van der Waals surface area contributed by atoms with E-state index in [0.717, 1.165) is 28.9 Å². The largest absolute Gasteiger partial charge is 0.384 e. The maximum atomic E-state index is 5.42. The Labute approximate surface area is 86.3 Å². The maximum absolute atomic E-state index is 5.42. The second kappa shape index (κ2) is 4.34. The third-order valence-electron chi connectivity index (χ3n) is 1.97. The molecule has 0 aromatic carbocycles. The van der Waals surface area contributed by atoms with Crippen molar-refractivity contribution >= 4 is 27.4 Å². The summed E-state index contributed by atoms with van der Waals surface area (Å²) in [4.78, 5) is 5.20. The molecule has 0 radical (unpaired) electrons. The average molecular weight is 208 g/mol. The van der Waals surface area contributed by atoms with Crippen LogP contribution in [0.1, 0.15) is 6.42 Å². The quantitative estimate of drug-likeness (QED) is 0.746. The topological polar surface area (TPSA) is 63.8 Å². The van der Waals surface area contributed by atoms with E-state index in [1.165, 1.54) is 11.5 Å². The lowest BCUT2D eigenvalue weighted by Gasteiger charge is -2.05. The van der Waals surface area contributed by atoms with Gasteiger partial charge < -0.3 is 11.1 Å². The molecular weight excluding hydrogens is 196 g/mol. The summed E-state index contributed by atoms with van der Waals surface area (Å²) in [6.45, 7) is 1.61. The Hall–Kier alpha value is -1.20. The molecule has 14 heavy (non-hydrogen) atoms. The molecule has 0 saturated carbocycles. The lowest BCUT2D eigenvalue weighted by atomic mass is 10.3. The van der Waals surface area contributed by atoms with Gasteiger partial charge in [0.15, 0.2) is 0 Å². The molecule has 0 unspecified atom stereocenters. The molecule has 2 aromatic rings. The van der Waals surface area contributed by atoms with Crippen LogP contribution in [0.2, 0.25) is 0 Å². The van der Waals surface area contributed by atoms with Crippen molar-refractivity contribution < 1.29 is 0 Å². The van der Waals surface area contributed by atoms with Crippen LogP contribution in [0.4, 0.5) is 5.69 Å². The Balaban J connectivity index is 2.19. The Morgan fingerprint density at radius 3 is 3.29 bits per heavy atom. The van der Waals surface area contributed by atoms with Gasteiger partial charge in [-0.25, -0.2) is 4.98 Å². The van der Waals surface area contributed by atoms with Crippen LogP contribution in [-0.2, 0) is 0 Å². The molecule has 2 heterocycles. The van der Waals surface area contributed by atoms with Gasteiger partial charge in [0, 0.05) is 18.4 Å². The number of nitrogens with one attached hydrogen (secondary N) is 1. The molecule has 0 amide bonds. The van der Waals surface area contributed by atoms with Crippen LogP contribution >= 0.6 is 11.5 Å². The summed E-state index contributed by atoms with van der Waals surface area (Å²) in [5, 5.41) is 4.41. The zero-order valence-corrected chi connectivity index (χ0v) is 8.55. The van der Waals surface area contributed by atoms with E-state index in [1.54, 1.807) is 6.20 Å². The number of nitrogens with zero attached hydrogens (tertiary/aromatic N) is 2. The molecule has 0 saturated heterocycles. The summed E-state index contributed by atoms with van der Waals surface area (Å²) in [7, 11) is 0. The van der Waals surface area contributed by atoms with Crippen molar-refractivity contribution in [2.45, 2.75) is 6.42 Å². The standard InChI is InChI=1S/C9H12N4S/c10-3-1-4-11-8-2-5-12-9-7(8)6-13-14-9/h2,5-6H,1,3-4,10H2,(H,11,12). The van der Waals surface area contributed by atoms with Gasteiger partial charge in [0.1, 0.15) is 4.83 Å². The van der Waals surface area contributed by atoms with Gasteiger partial charge in [-0.15, -0.1) is 0 Å². The van der Waals surface area contributed by atoms with E-state index in [0.29, 0.717) is 6.54 Å². The van der Waals surface area contributed by atoms with Crippen molar-refractivity contribution in [1.29, 1.82) is 0 Å². The van der Waals surface area contributed by atoms with Crippen LogP contribution in [0.3, 0.4) is 0 Å². The Morgan fingerprint density at radius 2 is 2.43 bits per heavy atom. The second-order valence-electron chi connectivity index (χ2n) is 2.97. The molecule has 0 spiro atoms. The fraction of sp³-hybridized carbons (Fsp3) is 0.333. The van der Waals surface area contributed by atoms with Gasteiger partial charge in [0.25, 0.3) is 0 Å². The van der Waals surface area contributed by atoms with E-state index in [1.807, 2.05) is 12.3 Å². The summed E-state index contributed by atoms with van der Waals surface area (Å²) in [5.41, 5.74) is 6.52. The van der Waals surface area contributed by atoms with Crippen LogP contribution in [0.5, 0.6) is 0 Å². The van der Waals surface area contributed by atoms with E-state index in [4.69, 9.17) is 5.73 Å². The van der Waals surface area contributed by atoms with E-state index in [9.17, 15) is 0 Å². The van der Waals surface area contributed by atoms with Crippen LogP contribution in [0, 0.1) is 0 Å². The second-order valence-corrected chi connectivity index (χ2v) is 3.75. The van der Waals surface area contributed by atoms with E-state index < -0.39 is 0 Å². The normalized spacial score (nSPS) is 10.6. The minimum absolute atomic E-state index is 0.711. The van der Waals surface area contributed by atoms with Gasteiger partial charge >= 0.3 is 0 Å². The zero-order valence-electron chi connectivity index (χ0n) is 7.73. The lowest BCUT2D eigenvalue weighted by molar-refractivity contribution is 0.875. The molecule has 0 bridgehead atoms. The highest BCUT2D eigenvalue weighted by Crippen LogP contribution is 2.23. The van der Waals surface area contributed by atoms with Crippen molar-refractivity contribution in [1.82, 2.24) is 9.36 Å². The van der Waals surface area contributed by atoms with Crippen molar-refractivity contribution in [2.75, 3.05) is 18.4 Å². The number of anilines is 1. The average Bonchev–Trinajstić information content (AvgIpc) is 2.67. The zero-order chi connectivity index (χ0) is 9.80. The molecule has 0 aliphatic heterocycles. The van der Waals surface area contributed by atoms with Gasteiger partial charge in [-0.2, -0.15) is 4.37 Å². The van der Waals surface area contributed by atoms with Gasteiger partial charge in [-0.1, -0.05) is 0 Å². The number of hydrogen-bond acceptors (Lipinski definition) is 5. The molecule has 0 fully saturated rings. The molecule has 74 valence electrons. The molecular formula is C9H12N4S. The summed E-state index contributed by atoms with van der Waals surface area (Å²) in [5.74, 6) is 0. The third kappa shape index (κ3) is 1.83. The number of nitrogens with two attached hydrogens (primary N) is 1. The van der Waals surface area contributed by atoms with Gasteiger partial charge in [0.05, 0.1) is 11.6 Å². The van der Waals surface area contributed by atoms with Crippen molar-refractivity contribution in [3.63, 3.8) is 0 Å². The molecule has 0 aliphatic rings. The van der Waals surface area contributed by atoms with Gasteiger partial charge in [0.2, 0.25) is 0 Å². The van der Waals surface area contributed by atoms with Crippen LogP contribution < -0.4 is 11.1 Å². The summed E-state index contributed by atoms with van der Waals surface area (Å²) >= 11 is 1.41. The first kappa shape index (κ1) is 9.36. The third-order valence-corrected chi connectivity index (χ3v) is 2.68. The Kier molecular flexibility index (Phi) is 2.90. The molecule has 5 heteroatoms. The number of hydrogen-bond donors (Lipinski definition) is 2. The SMILES string of the molecule is NCCCNc1ccnc2sncc12. The minimum Gasteiger partial charge on any atom is -0.384 e. The molecule has 0 atom stereocenters. The van der Waals surface area contributed by atoms with Crippen LogP contribution in [-0.4, -0.2) is 22.4 Å². The fourth-order valence-corrected chi connectivity index (χ4v) is 1.89. The van der Waals surface area contributed by atoms with Crippen molar-refractivity contribution in [2.24, 2.45) is 5.73 Å². The highest BCUT2D eigenvalue weighted by Gasteiger charge is 2.02.